The number of fused-ring (bicyclic) bond motifs is 1. The second-order valence-corrected chi connectivity index (χ2v) is 6.62. The molecule has 0 radical (unpaired) electrons. The van der Waals surface area contributed by atoms with Gasteiger partial charge in [-0.2, -0.15) is 0 Å². The molecule has 0 bridgehead atoms. The van der Waals surface area contributed by atoms with Gasteiger partial charge in [-0.05, 0) is 12.1 Å². The van der Waals surface area contributed by atoms with Crippen LogP contribution in [0.1, 0.15) is 17.4 Å². The summed E-state index contributed by atoms with van der Waals surface area (Å²) in [5.74, 6) is 0. The van der Waals surface area contributed by atoms with Gasteiger partial charge in [0.2, 0.25) is 0 Å². The normalized spacial score (nSPS) is 19.4. The van der Waals surface area contributed by atoms with E-state index in [1.54, 1.807) is 16.7 Å². The lowest BCUT2D eigenvalue weighted by atomic mass is 10.1. The molecule has 1 saturated heterocycles. The van der Waals surface area contributed by atoms with Crippen molar-refractivity contribution < 1.29 is 4.74 Å². The molecule has 1 fully saturated rings. The van der Waals surface area contributed by atoms with Crippen molar-refractivity contribution in [3.8, 4) is 0 Å². The lowest BCUT2D eigenvalue weighted by molar-refractivity contribution is -0.0157. The second-order valence-electron chi connectivity index (χ2n) is 5.75. The van der Waals surface area contributed by atoms with E-state index in [-0.39, 0.29) is 11.6 Å². The van der Waals surface area contributed by atoms with E-state index >= 15 is 0 Å². The number of thiazole rings is 1. The van der Waals surface area contributed by atoms with Crippen LogP contribution in [-0.4, -0.2) is 38.6 Å². The maximum absolute atomic E-state index is 12.1. The lowest BCUT2D eigenvalue weighted by Gasteiger charge is -2.35. The number of aromatic nitrogens is 3. The Bertz CT molecular complexity index is 881. The summed E-state index contributed by atoms with van der Waals surface area (Å²) in [6.07, 6.45) is 3.81. The van der Waals surface area contributed by atoms with Crippen LogP contribution in [0.2, 0.25) is 0 Å². The lowest BCUT2D eigenvalue weighted by Crippen LogP contribution is -2.40. The second kappa shape index (κ2) is 5.92. The van der Waals surface area contributed by atoms with Crippen molar-refractivity contribution in [3.05, 3.63) is 57.7 Å². The highest BCUT2D eigenvalue weighted by Crippen LogP contribution is 2.25. The van der Waals surface area contributed by atoms with Crippen LogP contribution in [0.15, 0.2) is 40.8 Å². The van der Waals surface area contributed by atoms with Crippen molar-refractivity contribution in [1.29, 1.82) is 0 Å². The van der Waals surface area contributed by atoms with Crippen molar-refractivity contribution in [1.82, 2.24) is 18.9 Å². The van der Waals surface area contributed by atoms with E-state index < -0.39 is 0 Å². The molecule has 1 aliphatic heterocycles. The van der Waals surface area contributed by atoms with Gasteiger partial charge in [0, 0.05) is 49.7 Å². The highest BCUT2D eigenvalue weighted by molar-refractivity contribution is 7.15. The number of hydrogen-bond donors (Lipinski definition) is 0. The minimum absolute atomic E-state index is 0.0186. The third kappa shape index (κ3) is 2.71. The Morgan fingerprint density at radius 3 is 3.17 bits per heavy atom. The van der Waals surface area contributed by atoms with Crippen molar-refractivity contribution >= 4 is 16.3 Å². The average molecular weight is 330 g/mol. The van der Waals surface area contributed by atoms with Crippen LogP contribution in [0.4, 0.5) is 0 Å². The summed E-state index contributed by atoms with van der Waals surface area (Å²) in [6.45, 7) is 2.86. The molecule has 1 aliphatic rings. The SMILES string of the molecule is Cn1cccc1[C@H]1COCCN1Cc1cc(=O)n2ccsc2n1. The van der Waals surface area contributed by atoms with Crippen molar-refractivity contribution in [2.24, 2.45) is 7.05 Å². The van der Waals surface area contributed by atoms with Crippen LogP contribution in [0.3, 0.4) is 0 Å². The molecular formula is C16H18N4O2S. The standard InChI is InChI=1S/C16H18N4O2S/c1-18-4-2-3-13(18)14-11-22-7-5-19(14)10-12-9-15(21)20-6-8-23-16(20)17-12/h2-4,6,8-9,14H,5,7,10-11H2,1H3/t14-/m1/s1. The summed E-state index contributed by atoms with van der Waals surface area (Å²) in [7, 11) is 2.05. The molecule has 120 valence electrons. The van der Waals surface area contributed by atoms with Gasteiger partial charge in [0.25, 0.3) is 5.56 Å². The van der Waals surface area contributed by atoms with Crippen molar-refractivity contribution in [2.45, 2.75) is 12.6 Å². The van der Waals surface area contributed by atoms with Crippen LogP contribution < -0.4 is 5.56 Å². The van der Waals surface area contributed by atoms with Gasteiger partial charge >= 0.3 is 0 Å². The van der Waals surface area contributed by atoms with Crippen LogP contribution in [0.5, 0.6) is 0 Å². The highest BCUT2D eigenvalue weighted by atomic mass is 32.1. The van der Waals surface area contributed by atoms with Gasteiger partial charge in [-0.15, -0.1) is 11.3 Å². The van der Waals surface area contributed by atoms with Crippen LogP contribution in [0.25, 0.3) is 4.96 Å². The summed E-state index contributed by atoms with van der Waals surface area (Å²) >= 11 is 1.48. The predicted molar refractivity (Wildman–Crippen MR) is 88.7 cm³/mol. The molecule has 0 aromatic carbocycles. The summed E-state index contributed by atoms with van der Waals surface area (Å²) in [4.78, 5) is 19.9. The third-order valence-corrected chi connectivity index (χ3v) is 5.04. The minimum Gasteiger partial charge on any atom is -0.378 e. The molecular weight excluding hydrogens is 312 g/mol. The first kappa shape index (κ1) is 14.6. The Hall–Kier alpha value is -1.96. The van der Waals surface area contributed by atoms with Gasteiger partial charge in [-0.25, -0.2) is 4.98 Å². The number of nitrogens with zero attached hydrogens (tertiary/aromatic N) is 4. The molecule has 23 heavy (non-hydrogen) atoms. The van der Waals surface area contributed by atoms with E-state index in [4.69, 9.17) is 4.74 Å². The quantitative estimate of drug-likeness (QED) is 0.733. The molecule has 4 heterocycles. The fraction of sp³-hybridized carbons (Fsp3) is 0.375. The summed E-state index contributed by atoms with van der Waals surface area (Å²) in [5.41, 5.74) is 2.02. The Morgan fingerprint density at radius 1 is 1.43 bits per heavy atom. The number of aryl methyl sites for hydroxylation is 1. The Labute approximate surface area is 137 Å². The minimum atomic E-state index is -0.0186. The molecule has 7 heteroatoms. The zero-order valence-electron chi connectivity index (χ0n) is 12.9. The zero-order valence-corrected chi connectivity index (χ0v) is 13.7. The van der Waals surface area contributed by atoms with Crippen molar-refractivity contribution in [3.63, 3.8) is 0 Å². The maximum atomic E-state index is 12.1. The third-order valence-electron chi connectivity index (χ3n) is 4.29. The number of rotatable bonds is 3. The van der Waals surface area contributed by atoms with E-state index in [2.05, 4.69) is 20.5 Å². The molecule has 4 rings (SSSR count). The van der Waals surface area contributed by atoms with Gasteiger partial charge in [-0.1, -0.05) is 0 Å². The van der Waals surface area contributed by atoms with E-state index in [9.17, 15) is 4.79 Å². The van der Waals surface area contributed by atoms with Gasteiger partial charge < -0.3 is 9.30 Å². The van der Waals surface area contributed by atoms with Gasteiger partial charge in [-0.3, -0.25) is 14.1 Å². The topological polar surface area (TPSA) is 51.8 Å². The molecule has 6 nitrogen and oxygen atoms in total. The zero-order chi connectivity index (χ0) is 15.8. The Balaban J connectivity index is 1.64. The first-order chi connectivity index (χ1) is 11.2. The van der Waals surface area contributed by atoms with E-state index in [1.807, 2.05) is 24.7 Å². The van der Waals surface area contributed by atoms with E-state index in [0.29, 0.717) is 19.8 Å². The van der Waals surface area contributed by atoms with Gasteiger partial charge in [0.15, 0.2) is 4.96 Å². The average Bonchev–Trinajstić information content (AvgIpc) is 3.17. The van der Waals surface area contributed by atoms with Gasteiger partial charge in [0.05, 0.1) is 24.9 Å². The maximum Gasteiger partial charge on any atom is 0.258 e. The summed E-state index contributed by atoms with van der Waals surface area (Å²) < 4.78 is 9.38. The molecule has 3 aromatic rings. The van der Waals surface area contributed by atoms with Crippen molar-refractivity contribution in [2.75, 3.05) is 19.8 Å². The molecule has 0 unspecified atom stereocenters. The Morgan fingerprint density at radius 2 is 2.35 bits per heavy atom. The number of hydrogen-bond acceptors (Lipinski definition) is 5. The van der Waals surface area contributed by atoms with E-state index in [1.165, 1.54) is 17.0 Å². The Kier molecular flexibility index (Phi) is 3.76. The van der Waals surface area contributed by atoms with Crippen LogP contribution >= 0.6 is 11.3 Å². The fourth-order valence-corrected chi connectivity index (χ4v) is 3.84. The first-order valence-electron chi connectivity index (χ1n) is 7.61. The number of ether oxygens (including phenoxy) is 1. The molecule has 0 aliphatic carbocycles. The van der Waals surface area contributed by atoms with E-state index in [0.717, 1.165) is 17.2 Å². The molecule has 3 aromatic heterocycles. The molecule has 1 atom stereocenters. The molecule has 0 saturated carbocycles. The molecule has 0 N–H and O–H groups in total. The monoisotopic (exact) mass is 330 g/mol. The largest absolute Gasteiger partial charge is 0.378 e. The smallest absolute Gasteiger partial charge is 0.258 e. The fourth-order valence-electron chi connectivity index (χ4n) is 3.10. The van der Waals surface area contributed by atoms with Crippen LogP contribution in [0, 0.1) is 0 Å². The first-order valence-corrected chi connectivity index (χ1v) is 8.49. The number of morpholine rings is 1. The summed E-state index contributed by atoms with van der Waals surface area (Å²) in [5, 5.41) is 1.88. The molecule has 0 spiro atoms. The molecule has 0 amide bonds. The van der Waals surface area contributed by atoms with Crippen LogP contribution in [-0.2, 0) is 18.3 Å². The highest BCUT2D eigenvalue weighted by Gasteiger charge is 2.26. The predicted octanol–water partition coefficient (Wildman–Crippen LogP) is 1.67. The summed E-state index contributed by atoms with van der Waals surface area (Å²) in [6, 6.07) is 5.99. The van der Waals surface area contributed by atoms with Gasteiger partial charge in [0.1, 0.15) is 0 Å².